The number of nitro groups is 1. The van der Waals surface area contributed by atoms with E-state index in [1.807, 2.05) is 12.2 Å². The van der Waals surface area contributed by atoms with Gasteiger partial charge in [0.2, 0.25) is 17.7 Å². The molecule has 6 rings (SSSR count). The predicted octanol–water partition coefficient (Wildman–Crippen LogP) is 3.17. The minimum Gasteiger partial charge on any atom is -0.426 e. The summed E-state index contributed by atoms with van der Waals surface area (Å²) >= 11 is 0. The number of fused-ring (bicyclic) bond motifs is 5. The van der Waals surface area contributed by atoms with Gasteiger partial charge < -0.3 is 9.64 Å². The Balaban J connectivity index is 1.14. The van der Waals surface area contributed by atoms with E-state index in [1.54, 1.807) is 25.1 Å². The Bertz CT molecular complexity index is 1370. The van der Waals surface area contributed by atoms with Gasteiger partial charge in [-0.1, -0.05) is 12.2 Å². The van der Waals surface area contributed by atoms with Gasteiger partial charge in [0.1, 0.15) is 5.75 Å². The van der Waals surface area contributed by atoms with Gasteiger partial charge in [-0.05, 0) is 61.1 Å². The van der Waals surface area contributed by atoms with E-state index in [4.69, 9.17) is 4.74 Å². The summed E-state index contributed by atoms with van der Waals surface area (Å²) in [4.78, 5) is 64.6. The summed E-state index contributed by atoms with van der Waals surface area (Å²) in [6.07, 6.45) is 4.92. The van der Waals surface area contributed by atoms with E-state index in [0.717, 1.165) is 6.42 Å². The molecule has 0 spiro atoms. The third-order valence-corrected chi connectivity index (χ3v) is 7.93. The van der Waals surface area contributed by atoms with Gasteiger partial charge in [0.25, 0.3) is 5.69 Å². The van der Waals surface area contributed by atoms with Crippen LogP contribution < -0.4 is 14.5 Å². The standard InChI is InChI=1S/C27H23N3O7/c1-14-10-20(8-9-21(14)29-25(32)23-15-2-3-16(11-15)24(23)26(29)33)37-27(34)17-12-22(31)28(13-17)18-4-6-19(7-5-18)30(35)36/h2-10,15-17,23-24H,11-13H2,1H3/t15-,16-,17-,23-,24+/m0/s1. The van der Waals surface area contributed by atoms with Crippen molar-refractivity contribution in [3.05, 3.63) is 70.3 Å². The number of non-ortho nitro benzene ring substituents is 1. The first-order valence-electron chi connectivity index (χ1n) is 12.2. The van der Waals surface area contributed by atoms with Crippen LogP contribution in [0.2, 0.25) is 0 Å². The lowest BCUT2D eigenvalue weighted by molar-refractivity contribution is -0.384. The molecule has 4 aliphatic rings. The van der Waals surface area contributed by atoms with Crippen molar-refractivity contribution in [3.63, 3.8) is 0 Å². The van der Waals surface area contributed by atoms with Crippen LogP contribution in [0.15, 0.2) is 54.6 Å². The van der Waals surface area contributed by atoms with E-state index >= 15 is 0 Å². The van der Waals surface area contributed by atoms with Crippen LogP contribution in [-0.2, 0) is 19.2 Å². The zero-order valence-electron chi connectivity index (χ0n) is 19.9. The van der Waals surface area contributed by atoms with Crippen molar-refractivity contribution >= 4 is 40.8 Å². The molecule has 2 aromatic carbocycles. The van der Waals surface area contributed by atoms with Gasteiger partial charge in [-0.3, -0.25) is 29.3 Å². The Morgan fingerprint density at radius 2 is 1.65 bits per heavy atom. The maximum atomic E-state index is 13.1. The molecule has 0 unspecified atom stereocenters. The Morgan fingerprint density at radius 3 is 2.24 bits per heavy atom. The van der Waals surface area contributed by atoms with E-state index in [1.165, 1.54) is 34.1 Å². The number of esters is 1. The first kappa shape index (κ1) is 23.1. The van der Waals surface area contributed by atoms with Gasteiger partial charge in [0.15, 0.2) is 0 Å². The first-order chi connectivity index (χ1) is 17.7. The zero-order chi connectivity index (χ0) is 26.0. The molecule has 2 saturated heterocycles. The number of amides is 3. The highest BCUT2D eigenvalue weighted by Crippen LogP contribution is 2.53. The van der Waals surface area contributed by atoms with E-state index in [0.29, 0.717) is 16.9 Å². The summed E-state index contributed by atoms with van der Waals surface area (Å²) in [6, 6.07) is 10.3. The first-order valence-corrected chi connectivity index (χ1v) is 12.2. The lowest BCUT2D eigenvalue weighted by Gasteiger charge is -2.20. The van der Waals surface area contributed by atoms with Crippen molar-refractivity contribution in [1.29, 1.82) is 0 Å². The normalized spacial score (nSPS) is 27.8. The SMILES string of the molecule is Cc1cc(OC(=O)[C@H]2CC(=O)N(c3ccc([N+](=O)[O-])cc3)C2)ccc1N1C(=O)[C@@H]2[C@H](C1=O)[C@H]1C=C[C@H]2C1. The highest BCUT2D eigenvalue weighted by Gasteiger charge is 2.59. The van der Waals surface area contributed by atoms with Crippen LogP contribution in [0.25, 0.3) is 0 Å². The fourth-order valence-corrected chi connectivity index (χ4v) is 6.15. The van der Waals surface area contributed by atoms with Crippen LogP contribution in [0.4, 0.5) is 17.1 Å². The average Bonchev–Trinajstić information content (AvgIpc) is 3.63. The number of allylic oxidation sites excluding steroid dienone is 2. The number of rotatable bonds is 5. The zero-order valence-corrected chi connectivity index (χ0v) is 19.9. The molecule has 2 heterocycles. The number of hydrogen-bond acceptors (Lipinski definition) is 7. The second-order valence-corrected chi connectivity index (χ2v) is 10.1. The second kappa shape index (κ2) is 8.36. The van der Waals surface area contributed by atoms with Crippen molar-refractivity contribution in [2.45, 2.75) is 19.8 Å². The molecule has 2 bridgehead atoms. The molecule has 37 heavy (non-hydrogen) atoms. The number of carbonyl (C=O) groups is 4. The summed E-state index contributed by atoms with van der Waals surface area (Å²) in [5.41, 5.74) is 1.50. The molecule has 0 N–H and O–H groups in total. The summed E-state index contributed by atoms with van der Waals surface area (Å²) < 4.78 is 5.55. The predicted molar refractivity (Wildman–Crippen MR) is 131 cm³/mol. The van der Waals surface area contributed by atoms with Crippen molar-refractivity contribution < 1.29 is 28.8 Å². The van der Waals surface area contributed by atoms with Crippen LogP contribution in [0, 0.1) is 46.6 Å². The number of benzene rings is 2. The van der Waals surface area contributed by atoms with Gasteiger partial charge in [0, 0.05) is 30.8 Å². The van der Waals surface area contributed by atoms with Crippen LogP contribution in [0.3, 0.4) is 0 Å². The topological polar surface area (TPSA) is 127 Å². The summed E-state index contributed by atoms with van der Waals surface area (Å²) in [5.74, 6) is -1.98. The Kier molecular flexibility index (Phi) is 5.22. The average molecular weight is 501 g/mol. The summed E-state index contributed by atoms with van der Waals surface area (Å²) in [5, 5.41) is 10.9. The minimum atomic E-state index is -0.702. The Morgan fingerprint density at radius 1 is 1.00 bits per heavy atom. The summed E-state index contributed by atoms with van der Waals surface area (Å²) in [6.45, 7) is 1.85. The van der Waals surface area contributed by atoms with Crippen LogP contribution >= 0.6 is 0 Å². The van der Waals surface area contributed by atoms with E-state index in [-0.39, 0.29) is 65.8 Å². The number of anilines is 2. The number of ether oxygens (including phenoxy) is 1. The van der Waals surface area contributed by atoms with Crippen LogP contribution in [-0.4, -0.2) is 35.2 Å². The molecule has 3 amide bonds. The van der Waals surface area contributed by atoms with E-state index in [2.05, 4.69) is 0 Å². The smallest absolute Gasteiger partial charge is 0.316 e. The number of nitro benzene ring substituents is 1. The maximum Gasteiger partial charge on any atom is 0.316 e. The number of imide groups is 1. The molecule has 2 aromatic rings. The molecular formula is C27H23N3O7. The Labute approximate surface area is 211 Å². The number of carbonyl (C=O) groups excluding carboxylic acids is 4. The quantitative estimate of drug-likeness (QED) is 0.154. The minimum absolute atomic E-state index is 0.0389. The van der Waals surface area contributed by atoms with Crippen molar-refractivity contribution in [1.82, 2.24) is 0 Å². The maximum absolute atomic E-state index is 13.1. The molecule has 10 nitrogen and oxygen atoms in total. The van der Waals surface area contributed by atoms with Crippen molar-refractivity contribution in [2.75, 3.05) is 16.3 Å². The number of nitrogens with zero attached hydrogens (tertiary/aromatic N) is 3. The molecule has 3 fully saturated rings. The molecule has 0 aromatic heterocycles. The molecule has 5 atom stereocenters. The van der Waals surface area contributed by atoms with E-state index in [9.17, 15) is 29.3 Å². The molecule has 10 heteroatoms. The van der Waals surface area contributed by atoms with Gasteiger partial charge in [-0.15, -0.1) is 0 Å². The third-order valence-electron chi connectivity index (χ3n) is 7.93. The van der Waals surface area contributed by atoms with Gasteiger partial charge >= 0.3 is 5.97 Å². The van der Waals surface area contributed by atoms with Crippen LogP contribution in [0.5, 0.6) is 5.75 Å². The fraction of sp³-hybridized carbons (Fsp3) is 0.333. The fourth-order valence-electron chi connectivity index (χ4n) is 6.15. The molecule has 0 radical (unpaired) electrons. The van der Waals surface area contributed by atoms with E-state index < -0.39 is 16.8 Å². The Hall–Kier alpha value is -4.34. The monoisotopic (exact) mass is 501 g/mol. The second-order valence-electron chi connectivity index (χ2n) is 10.1. The number of aryl methyl sites for hydroxylation is 1. The van der Waals surface area contributed by atoms with Crippen molar-refractivity contribution in [2.24, 2.45) is 29.6 Å². The molecule has 1 saturated carbocycles. The lowest BCUT2D eigenvalue weighted by Crippen LogP contribution is -2.33. The molecule has 188 valence electrons. The number of hydrogen-bond donors (Lipinski definition) is 0. The highest BCUT2D eigenvalue weighted by atomic mass is 16.6. The summed E-state index contributed by atoms with van der Waals surface area (Å²) in [7, 11) is 0. The molecule has 2 aliphatic heterocycles. The lowest BCUT2D eigenvalue weighted by atomic mass is 9.85. The van der Waals surface area contributed by atoms with Crippen molar-refractivity contribution in [3.8, 4) is 5.75 Å². The van der Waals surface area contributed by atoms with Gasteiger partial charge in [-0.2, -0.15) is 0 Å². The third kappa shape index (κ3) is 3.62. The van der Waals surface area contributed by atoms with Gasteiger partial charge in [0.05, 0.1) is 28.4 Å². The largest absolute Gasteiger partial charge is 0.426 e. The van der Waals surface area contributed by atoms with Crippen LogP contribution in [0.1, 0.15) is 18.4 Å². The van der Waals surface area contributed by atoms with Gasteiger partial charge in [-0.25, -0.2) is 4.90 Å². The molecule has 2 aliphatic carbocycles. The highest BCUT2D eigenvalue weighted by molar-refractivity contribution is 6.23. The molecular weight excluding hydrogens is 478 g/mol.